The van der Waals surface area contributed by atoms with E-state index in [1.54, 1.807) is 29.2 Å². The van der Waals surface area contributed by atoms with Gasteiger partial charge in [0, 0.05) is 13.0 Å². The fourth-order valence-corrected chi connectivity index (χ4v) is 2.24. The molecule has 2 amide bonds. The predicted molar refractivity (Wildman–Crippen MR) is 81.9 cm³/mol. The molecule has 0 aliphatic carbocycles. The Bertz CT molecular complexity index is 602. The number of hydrazone groups is 1. The van der Waals surface area contributed by atoms with Crippen molar-refractivity contribution in [1.82, 2.24) is 10.3 Å². The molecule has 0 unspecified atom stereocenters. The van der Waals surface area contributed by atoms with E-state index in [1.165, 1.54) is 6.21 Å². The monoisotopic (exact) mass is 298 g/mol. The first-order valence-electron chi connectivity index (χ1n) is 7.29. The molecule has 1 aromatic rings. The number of nitrogens with zero attached hydrogens (tertiary/aromatic N) is 3. The summed E-state index contributed by atoms with van der Waals surface area (Å²) in [4.78, 5) is 25.2. The van der Waals surface area contributed by atoms with Gasteiger partial charge in [-0.25, -0.2) is 5.43 Å². The average molecular weight is 298 g/mol. The number of carbonyl (C=O) groups is 2. The average Bonchev–Trinajstić information content (AvgIpc) is 2.73. The zero-order chi connectivity index (χ0) is 15.8. The predicted octanol–water partition coefficient (Wildman–Crippen LogP) is 1.41. The Hall–Kier alpha value is -2.68. The highest BCUT2D eigenvalue weighted by Crippen LogP contribution is 2.10. The zero-order valence-electron chi connectivity index (χ0n) is 12.3. The van der Waals surface area contributed by atoms with E-state index in [4.69, 9.17) is 5.26 Å². The number of hydrogen-bond acceptors (Lipinski definition) is 4. The fourth-order valence-electron chi connectivity index (χ4n) is 2.24. The summed E-state index contributed by atoms with van der Waals surface area (Å²) in [6.07, 6.45) is 4.88. The third kappa shape index (κ3) is 4.70. The van der Waals surface area contributed by atoms with Gasteiger partial charge >= 0.3 is 0 Å². The van der Waals surface area contributed by atoms with Crippen LogP contribution in [0.2, 0.25) is 0 Å². The summed E-state index contributed by atoms with van der Waals surface area (Å²) in [6.45, 7) is 0.676. The molecule has 0 radical (unpaired) electrons. The maximum atomic E-state index is 11.8. The number of nitriles is 1. The Morgan fingerprint density at radius 1 is 1.32 bits per heavy atom. The molecule has 6 heteroatoms. The number of hydrogen-bond donors (Lipinski definition) is 1. The van der Waals surface area contributed by atoms with Gasteiger partial charge in [0.2, 0.25) is 5.91 Å². The van der Waals surface area contributed by atoms with Crippen molar-refractivity contribution >= 4 is 18.0 Å². The zero-order valence-corrected chi connectivity index (χ0v) is 12.3. The van der Waals surface area contributed by atoms with E-state index in [9.17, 15) is 9.59 Å². The van der Waals surface area contributed by atoms with Crippen molar-refractivity contribution < 1.29 is 9.59 Å². The van der Waals surface area contributed by atoms with Crippen LogP contribution in [-0.4, -0.2) is 36.0 Å². The fraction of sp³-hybridized carbons (Fsp3) is 0.375. The van der Waals surface area contributed by atoms with Gasteiger partial charge in [0.05, 0.1) is 17.8 Å². The van der Waals surface area contributed by atoms with Crippen molar-refractivity contribution in [3.8, 4) is 6.07 Å². The lowest BCUT2D eigenvalue weighted by atomic mass is 10.2. The Morgan fingerprint density at radius 2 is 2.09 bits per heavy atom. The van der Waals surface area contributed by atoms with E-state index in [2.05, 4.69) is 10.5 Å². The first-order chi connectivity index (χ1) is 10.7. The first-order valence-corrected chi connectivity index (χ1v) is 7.29. The Labute approximate surface area is 129 Å². The molecule has 114 valence electrons. The molecule has 0 atom stereocenters. The second-order valence-corrected chi connectivity index (χ2v) is 5.15. The summed E-state index contributed by atoms with van der Waals surface area (Å²) < 4.78 is 0. The standard InChI is InChI=1S/C16H18N4O2/c17-10-13-5-7-14(8-6-13)11-18-19-15(21)12-20-9-3-1-2-4-16(20)22/h5-8,11H,1-4,9,12H2,(H,19,21)/b18-11-. The molecule has 0 saturated carbocycles. The van der Waals surface area contributed by atoms with Crippen LogP contribution in [0.3, 0.4) is 0 Å². The molecule has 1 heterocycles. The summed E-state index contributed by atoms with van der Waals surface area (Å²) >= 11 is 0. The van der Waals surface area contributed by atoms with Crippen LogP contribution in [-0.2, 0) is 9.59 Å². The van der Waals surface area contributed by atoms with Crippen molar-refractivity contribution in [2.24, 2.45) is 5.10 Å². The molecule has 1 aliphatic heterocycles. The van der Waals surface area contributed by atoms with Crippen molar-refractivity contribution in [3.63, 3.8) is 0 Å². The SMILES string of the molecule is N#Cc1ccc(/C=N\NC(=O)CN2CCCCCC2=O)cc1. The highest BCUT2D eigenvalue weighted by molar-refractivity contribution is 5.86. The minimum absolute atomic E-state index is 0.0312. The van der Waals surface area contributed by atoms with Crippen molar-refractivity contribution in [1.29, 1.82) is 5.26 Å². The molecule has 0 bridgehead atoms. The van der Waals surface area contributed by atoms with Gasteiger partial charge < -0.3 is 4.90 Å². The van der Waals surface area contributed by atoms with E-state index < -0.39 is 0 Å². The Morgan fingerprint density at radius 3 is 2.82 bits per heavy atom. The van der Waals surface area contributed by atoms with Crippen LogP contribution in [0, 0.1) is 11.3 Å². The van der Waals surface area contributed by atoms with Gasteiger partial charge in [0.25, 0.3) is 5.91 Å². The van der Waals surface area contributed by atoms with Crippen LogP contribution in [0.5, 0.6) is 0 Å². The molecule has 1 aliphatic rings. The van der Waals surface area contributed by atoms with E-state index in [0.717, 1.165) is 24.8 Å². The molecular weight excluding hydrogens is 280 g/mol. The van der Waals surface area contributed by atoms with Crippen molar-refractivity contribution in [3.05, 3.63) is 35.4 Å². The number of nitrogens with one attached hydrogen (secondary N) is 1. The largest absolute Gasteiger partial charge is 0.333 e. The van der Waals surface area contributed by atoms with Crippen molar-refractivity contribution in [2.75, 3.05) is 13.1 Å². The Kier molecular flexibility index (Phi) is 5.66. The van der Waals surface area contributed by atoms with Gasteiger partial charge in [0.1, 0.15) is 6.54 Å². The molecular formula is C16H18N4O2. The number of benzene rings is 1. The maximum absolute atomic E-state index is 11.8. The van der Waals surface area contributed by atoms with Gasteiger partial charge in [0.15, 0.2) is 0 Å². The topological polar surface area (TPSA) is 85.6 Å². The summed E-state index contributed by atoms with van der Waals surface area (Å²) in [5, 5.41) is 12.6. The Balaban J connectivity index is 1.82. The van der Waals surface area contributed by atoms with E-state index in [0.29, 0.717) is 18.5 Å². The van der Waals surface area contributed by atoms with Gasteiger partial charge in [-0.15, -0.1) is 0 Å². The van der Waals surface area contributed by atoms with Gasteiger partial charge in [-0.1, -0.05) is 18.6 Å². The first kappa shape index (κ1) is 15.7. The summed E-state index contributed by atoms with van der Waals surface area (Å²) in [6, 6.07) is 8.88. The van der Waals surface area contributed by atoms with Gasteiger partial charge in [-0.2, -0.15) is 10.4 Å². The number of carbonyl (C=O) groups excluding carboxylic acids is 2. The van der Waals surface area contributed by atoms with Crippen LogP contribution in [0.4, 0.5) is 0 Å². The third-order valence-corrected chi connectivity index (χ3v) is 3.45. The van der Waals surface area contributed by atoms with Crippen LogP contribution in [0.25, 0.3) is 0 Å². The number of rotatable bonds is 4. The highest BCUT2D eigenvalue weighted by atomic mass is 16.2. The number of likely N-dealkylation sites (tertiary alicyclic amines) is 1. The van der Waals surface area contributed by atoms with Gasteiger partial charge in [-0.3, -0.25) is 9.59 Å². The lowest BCUT2D eigenvalue weighted by molar-refractivity contribution is -0.135. The molecule has 0 aromatic heterocycles. The molecule has 22 heavy (non-hydrogen) atoms. The minimum Gasteiger partial charge on any atom is -0.333 e. The quantitative estimate of drug-likeness (QED) is 0.673. The molecule has 1 aromatic carbocycles. The molecule has 0 spiro atoms. The molecule has 2 rings (SSSR count). The van der Waals surface area contributed by atoms with E-state index in [1.807, 2.05) is 6.07 Å². The van der Waals surface area contributed by atoms with Gasteiger partial charge in [-0.05, 0) is 30.5 Å². The lowest BCUT2D eigenvalue weighted by Gasteiger charge is -2.18. The second-order valence-electron chi connectivity index (χ2n) is 5.15. The lowest BCUT2D eigenvalue weighted by Crippen LogP contribution is -2.39. The van der Waals surface area contributed by atoms with Crippen LogP contribution >= 0.6 is 0 Å². The van der Waals surface area contributed by atoms with E-state index >= 15 is 0 Å². The maximum Gasteiger partial charge on any atom is 0.259 e. The van der Waals surface area contributed by atoms with Crippen LogP contribution in [0.15, 0.2) is 29.4 Å². The van der Waals surface area contributed by atoms with E-state index in [-0.39, 0.29) is 18.4 Å². The molecule has 1 N–H and O–H groups in total. The highest BCUT2D eigenvalue weighted by Gasteiger charge is 2.18. The third-order valence-electron chi connectivity index (χ3n) is 3.45. The van der Waals surface area contributed by atoms with Crippen LogP contribution < -0.4 is 5.43 Å². The summed E-state index contributed by atoms with van der Waals surface area (Å²) in [5.41, 5.74) is 3.77. The van der Waals surface area contributed by atoms with Crippen LogP contribution in [0.1, 0.15) is 36.8 Å². The van der Waals surface area contributed by atoms with Crippen molar-refractivity contribution in [2.45, 2.75) is 25.7 Å². The number of amides is 2. The molecule has 1 saturated heterocycles. The smallest absolute Gasteiger partial charge is 0.259 e. The summed E-state index contributed by atoms with van der Waals surface area (Å²) in [7, 11) is 0. The summed E-state index contributed by atoms with van der Waals surface area (Å²) in [5.74, 6) is -0.274. The second kappa shape index (κ2) is 7.93. The normalized spacial score (nSPS) is 15.4. The molecule has 1 fully saturated rings. The molecule has 6 nitrogen and oxygen atoms in total. The minimum atomic E-state index is -0.305.